The van der Waals surface area contributed by atoms with E-state index in [2.05, 4.69) is 30.2 Å². The maximum atomic E-state index is 13.1. The molecule has 1 aliphatic rings. The molecule has 1 N–H and O–H groups in total. The second kappa shape index (κ2) is 11.6. The van der Waals surface area contributed by atoms with Crippen LogP contribution in [0, 0.1) is 0 Å². The number of methoxy groups -OCH3 is 1. The summed E-state index contributed by atoms with van der Waals surface area (Å²) in [5.74, 6) is 1.04. The molecule has 6 rings (SSSR count). The Morgan fingerprint density at radius 2 is 1.70 bits per heavy atom. The molecule has 0 aliphatic carbocycles. The lowest BCUT2D eigenvalue weighted by molar-refractivity contribution is -0.137. The van der Waals surface area contributed by atoms with E-state index in [-0.39, 0.29) is 6.54 Å². The van der Waals surface area contributed by atoms with Crippen molar-refractivity contribution in [2.75, 3.05) is 43.1 Å². The van der Waals surface area contributed by atoms with Gasteiger partial charge in [-0.2, -0.15) is 18.3 Å². The minimum absolute atomic E-state index is 0.0307. The summed E-state index contributed by atoms with van der Waals surface area (Å²) in [6, 6.07) is 19.8. The lowest BCUT2D eigenvalue weighted by atomic mass is 10.1. The molecule has 0 saturated carbocycles. The minimum Gasteiger partial charge on any atom is -0.495 e. The normalized spacial score (nSPS) is 13.8. The van der Waals surface area contributed by atoms with Crippen LogP contribution in [0.5, 0.6) is 5.75 Å². The van der Waals surface area contributed by atoms with Crippen LogP contribution in [-0.2, 0) is 12.7 Å². The molecule has 3 heterocycles. The van der Waals surface area contributed by atoms with Crippen LogP contribution in [0.3, 0.4) is 0 Å². The van der Waals surface area contributed by atoms with Gasteiger partial charge >= 0.3 is 6.18 Å². The number of piperazine rings is 1. The Bertz CT molecular complexity index is 1750. The van der Waals surface area contributed by atoms with Crippen LogP contribution in [0.2, 0.25) is 0 Å². The van der Waals surface area contributed by atoms with E-state index < -0.39 is 17.6 Å². The lowest BCUT2D eigenvalue weighted by Crippen LogP contribution is -2.47. The van der Waals surface area contributed by atoms with E-state index in [1.807, 2.05) is 30.3 Å². The molecular formula is C31H28F3N7O2. The first-order valence-electron chi connectivity index (χ1n) is 13.7. The fourth-order valence-electron chi connectivity index (χ4n) is 5.22. The first kappa shape index (κ1) is 28.0. The Morgan fingerprint density at radius 1 is 0.930 bits per heavy atom. The summed E-state index contributed by atoms with van der Waals surface area (Å²) >= 11 is 0. The molecule has 1 amide bonds. The number of carbonyl (C=O) groups excluding carboxylic acids is 1. The van der Waals surface area contributed by atoms with Crippen molar-refractivity contribution >= 4 is 28.4 Å². The average Bonchev–Trinajstić information content (AvgIpc) is 3.48. The number of para-hydroxylation sites is 1. The molecule has 0 bridgehead atoms. The summed E-state index contributed by atoms with van der Waals surface area (Å²) in [6.07, 6.45) is -1.11. The second-order valence-corrected chi connectivity index (χ2v) is 10.1. The Kier molecular flexibility index (Phi) is 7.58. The van der Waals surface area contributed by atoms with Crippen molar-refractivity contribution in [2.45, 2.75) is 12.7 Å². The molecule has 12 heteroatoms. The van der Waals surface area contributed by atoms with Gasteiger partial charge in [0.1, 0.15) is 17.9 Å². The zero-order valence-electron chi connectivity index (χ0n) is 23.3. The number of carbonyl (C=O) groups is 1. The van der Waals surface area contributed by atoms with Crippen LogP contribution in [0.25, 0.3) is 16.7 Å². The number of rotatable bonds is 7. The molecule has 5 aromatic rings. The molecule has 0 radical (unpaired) electrons. The first-order valence-corrected chi connectivity index (χ1v) is 13.7. The highest BCUT2D eigenvalue weighted by atomic mass is 19.4. The van der Waals surface area contributed by atoms with Crippen molar-refractivity contribution < 1.29 is 22.7 Å². The van der Waals surface area contributed by atoms with Gasteiger partial charge in [0.2, 0.25) is 0 Å². The zero-order valence-corrected chi connectivity index (χ0v) is 23.3. The number of halogens is 3. The van der Waals surface area contributed by atoms with E-state index in [1.54, 1.807) is 48.6 Å². The van der Waals surface area contributed by atoms with Crippen molar-refractivity contribution in [1.82, 2.24) is 25.1 Å². The molecular weight excluding hydrogens is 559 g/mol. The van der Waals surface area contributed by atoms with Gasteiger partial charge in [-0.25, -0.2) is 14.6 Å². The van der Waals surface area contributed by atoms with Crippen molar-refractivity contribution in [3.63, 3.8) is 0 Å². The summed E-state index contributed by atoms with van der Waals surface area (Å²) < 4.78 is 46.6. The van der Waals surface area contributed by atoms with Crippen molar-refractivity contribution in [3.8, 4) is 11.4 Å². The molecule has 220 valence electrons. The third-order valence-electron chi connectivity index (χ3n) is 7.41. The molecule has 43 heavy (non-hydrogen) atoms. The topological polar surface area (TPSA) is 88.4 Å². The van der Waals surface area contributed by atoms with Crippen LogP contribution in [0.15, 0.2) is 85.3 Å². The maximum absolute atomic E-state index is 13.1. The fraction of sp³-hybridized carbons (Fsp3) is 0.226. The van der Waals surface area contributed by atoms with Gasteiger partial charge < -0.3 is 19.9 Å². The number of benzene rings is 3. The van der Waals surface area contributed by atoms with Gasteiger partial charge in [0.15, 0.2) is 5.65 Å². The molecule has 0 spiro atoms. The highest BCUT2D eigenvalue weighted by Crippen LogP contribution is 2.32. The van der Waals surface area contributed by atoms with Crippen molar-refractivity contribution in [3.05, 3.63) is 102 Å². The van der Waals surface area contributed by atoms with Crippen LogP contribution >= 0.6 is 0 Å². The van der Waals surface area contributed by atoms with Gasteiger partial charge in [-0.1, -0.05) is 30.3 Å². The third kappa shape index (κ3) is 5.81. The summed E-state index contributed by atoms with van der Waals surface area (Å²) in [7, 11) is 1.57. The predicted molar refractivity (Wildman–Crippen MR) is 157 cm³/mol. The molecule has 1 saturated heterocycles. The Morgan fingerprint density at radius 3 is 2.44 bits per heavy atom. The number of fused-ring (bicyclic) bond motifs is 1. The summed E-state index contributed by atoms with van der Waals surface area (Å²) in [6.45, 7) is 2.58. The number of amides is 1. The molecule has 3 aromatic carbocycles. The summed E-state index contributed by atoms with van der Waals surface area (Å²) in [5, 5.41) is 8.14. The van der Waals surface area contributed by atoms with Gasteiger partial charge in [0.05, 0.1) is 35.6 Å². The SMILES string of the molecule is COc1ccc(C(=O)NCc2cccc(C(F)(F)F)c2)cc1N1CCN(c2ncnc3c2cnn3-c2ccccc2)CC1. The molecule has 2 aromatic heterocycles. The number of alkyl halides is 3. The fourth-order valence-corrected chi connectivity index (χ4v) is 5.22. The Hall–Kier alpha value is -5.13. The van der Waals surface area contributed by atoms with Gasteiger partial charge in [-0.05, 0) is 48.0 Å². The number of hydrogen-bond donors (Lipinski definition) is 1. The first-order chi connectivity index (χ1) is 20.8. The number of anilines is 2. The molecule has 0 atom stereocenters. The van der Waals surface area contributed by atoms with Gasteiger partial charge in [0, 0.05) is 38.3 Å². The number of aromatic nitrogens is 4. The van der Waals surface area contributed by atoms with Gasteiger partial charge in [-0.15, -0.1) is 0 Å². The molecule has 9 nitrogen and oxygen atoms in total. The van der Waals surface area contributed by atoms with Crippen LogP contribution in [-0.4, -0.2) is 58.9 Å². The molecule has 1 aliphatic heterocycles. The third-order valence-corrected chi connectivity index (χ3v) is 7.41. The van der Waals surface area contributed by atoms with Crippen LogP contribution < -0.4 is 19.9 Å². The summed E-state index contributed by atoms with van der Waals surface area (Å²) in [4.78, 5) is 26.4. The second-order valence-electron chi connectivity index (χ2n) is 10.1. The van der Waals surface area contributed by atoms with E-state index in [0.29, 0.717) is 43.1 Å². The van der Waals surface area contributed by atoms with E-state index in [9.17, 15) is 18.0 Å². The van der Waals surface area contributed by atoms with Crippen molar-refractivity contribution in [1.29, 1.82) is 0 Å². The van der Waals surface area contributed by atoms with Gasteiger partial charge in [-0.3, -0.25) is 4.79 Å². The predicted octanol–water partition coefficient (Wildman–Crippen LogP) is 5.10. The lowest BCUT2D eigenvalue weighted by Gasteiger charge is -2.37. The Labute approximate surface area is 245 Å². The quantitative estimate of drug-likeness (QED) is 0.284. The largest absolute Gasteiger partial charge is 0.495 e. The van der Waals surface area contributed by atoms with E-state index in [1.165, 1.54) is 6.07 Å². The number of hydrogen-bond acceptors (Lipinski definition) is 7. The van der Waals surface area contributed by atoms with E-state index in [4.69, 9.17) is 4.74 Å². The standard InChI is InChI=1S/C31H28F3N7O2/c1-43-27-11-10-22(30(42)35-18-21-6-5-7-23(16-21)31(32,33)34)17-26(27)39-12-14-40(15-13-39)28-25-19-38-41(29(25)37-20-36-28)24-8-3-2-4-9-24/h2-11,16-17,19-20H,12-15,18H2,1H3,(H,35,42). The van der Waals surface area contributed by atoms with Crippen molar-refractivity contribution in [2.24, 2.45) is 0 Å². The number of nitrogens with one attached hydrogen (secondary N) is 1. The average molecular weight is 588 g/mol. The molecule has 0 unspecified atom stereocenters. The Balaban J connectivity index is 1.15. The smallest absolute Gasteiger partial charge is 0.416 e. The minimum atomic E-state index is -4.45. The highest BCUT2D eigenvalue weighted by Gasteiger charge is 2.30. The zero-order chi connectivity index (χ0) is 30.0. The number of ether oxygens (including phenoxy) is 1. The van der Waals surface area contributed by atoms with Crippen LogP contribution in [0.1, 0.15) is 21.5 Å². The molecule has 1 fully saturated rings. The van der Waals surface area contributed by atoms with E-state index >= 15 is 0 Å². The number of nitrogens with zero attached hydrogens (tertiary/aromatic N) is 6. The van der Waals surface area contributed by atoms with Gasteiger partial charge in [0.25, 0.3) is 5.91 Å². The summed E-state index contributed by atoms with van der Waals surface area (Å²) in [5.41, 5.74) is 2.40. The maximum Gasteiger partial charge on any atom is 0.416 e. The van der Waals surface area contributed by atoms with E-state index in [0.717, 1.165) is 40.4 Å². The monoisotopic (exact) mass is 587 g/mol. The van der Waals surface area contributed by atoms with Crippen LogP contribution in [0.4, 0.5) is 24.7 Å². The highest BCUT2D eigenvalue weighted by molar-refractivity contribution is 5.95.